The second kappa shape index (κ2) is 7.53. The molecule has 1 aromatic rings. The normalized spacial score (nSPS) is 22.3. The third-order valence-corrected chi connectivity index (χ3v) is 4.29. The summed E-state index contributed by atoms with van der Waals surface area (Å²) in [5.74, 6) is 0.589. The van der Waals surface area contributed by atoms with Gasteiger partial charge in [-0.1, -0.05) is 43.5 Å². The van der Waals surface area contributed by atoms with Gasteiger partial charge < -0.3 is 10.6 Å². The van der Waals surface area contributed by atoms with Crippen LogP contribution in [0.25, 0.3) is 0 Å². The minimum atomic E-state index is -0.0438. The maximum atomic E-state index is 11.9. The van der Waals surface area contributed by atoms with Crippen LogP contribution in [-0.2, 0) is 6.42 Å². The van der Waals surface area contributed by atoms with Crippen LogP contribution in [0.1, 0.15) is 38.2 Å². The molecule has 1 aliphatic rings. The van der Waals surface area contributed by atoms with Crippen LogP contribution in [0.15, 0.2) is 24.3 Å². The zero-order chi connectivity index (χ0) is 14.4. The van der Waals surface area contributed by atoms with Gasteiger partial charge in [-0.15, -0.1) is 0 Å². The van der Waals surface area contributed by atoms with Gasteiger partial charge in [0.15, 0.2) is 0 Å². The van der Waals surface area contributed by atoms with Crippen molar-refractivity contribution in [2.45, 2.75) is 45.1 Å². The van der Waals surface area contributed by atoms with E-state index in [1.807, 2.05) is 24.3 Å². The van der Waals surface area contributed by atoms with E-state index >= 15 is 0 Å². The highest BCUT2D eigenvalue weighted by Gasteiger charge is 2.22. The Bertz CT molecular complexity index is 433. The number of amides is 2. The molecule has 1 aliphatic carbocycles. The predicted molar refractivity (Wildman–Crippen MR) is 83.1 cm³/mol. The standard InChI is InChI=1S/C16H23ClN2O/c1-12-4-2-3-5-15(12)19-16(20)18-11-10-13-6-8-14(17)9-7-13/h6-9,12,15H,2-5,10-11H2,1H3,(H2,18,19,20)/t12-,15-/m0/s1. The molecule has 0 aromatic heterocycles. The highest BCUT2D eigenvalue weighted by Crippen LogP contribution is 2.23. The molecular weight excluding hydrogens is 272 g/mol. The molecule has 2 rings (SSSR count). The minimum absolute atomic E-state index is 0.0438. The Morgan fingerprint density at radius 2 is 1.95 bits per heavy atom. The molecule has 3 nitrogen and oxygen atoms in total. The average molecular weight is 295 g/mol. The summed E-state index contributed by atoms with van der Waals surface area (Å²) < 4.78 is 0. The topological polar surface area (TPSA) is 41.1 Å². The molecule has 2 atom stereocenters. The number of carbonyl (C=O) groups is 1. The molecule has 20 heavy (non-hydrogen) atoms. The van der Waals surface area contributed by atoms with Gasteiger partial charge in [0, 0.05) is 17.6 Å². The van der Waals surface area contributed by atoms with Gasteiger partial charge in [0.25, 0.3) is 0 Å². The zero-order valence-electron chi connectivity index (χ0n) is 12.0. The number of hydrogen-bond donors (Lipinski definition) is 2. The molecule has 110 valence electrons. The summed E-state index contributed by atoms with van der Waals surface area (Å²) in [5.41, 5.74) is 1.18. The van der Waals surface area contributed by atoms with Crippen molar-refractivity contribution in [1.82, 2.24) is 10.6 Å². The molecule has 1 saturated carbocycles. The lowest BCUT2D eigenvalue weighted by Gasteiger charge is -2.29. The summed E-state index contributed by atoms with van der Waals surface area (Å²) in [6.45, 7) is 2.87. The fraction of sp³-hybridized carbons (Fsp3) is 0.562. The molecule has 2 amide bonds. The van der Waals surface area contributed by atoms with E-state index in [0.717, 1.165) is 17.9 Å². The minimum Gasteiger partial charge on any atom is -0.338 e. The molecule has 2 N–H and O–H groups in total. The maximum Gasteiger partial charge on any atom is 0.315 e. The van der Waals surface area contributed by atoms with E-state index < -0.39 is 0 Å². The van der Waals surface area contributed by atoms with Crippen molar-refractivity contribution in [3.8, 4) is 0 Å². The Balaban J connectivity index is 1.68. The maximum absolute atomic E-state index is 11.9. The molecule has 0 unspecified atom stereocenters. The fourth-order valence-corrected chi connectivity index (χ4v) is 2.85. The first-order chi connectivity index (χ1) is 9.65. The lowest BCUT2D eigenvalue weighted by molar-refractivity contribution is 0.222. The number of hydrogen-bond acceptors (Lipinski definition) is 1. The summed E-state index contributed by atoms with van der Waals surface area (Å²) in [6.07, 6.45) is 5.66. The van der Waals surface area contributed by atoms with Crippen molar-refractivity contribution in [2.24, 2.45) is 5.92 Å². The molecule has 0 bridgehead atoms. The summed E-state index contributed by atoms with van der Waals surface area (Å²) in [5, 5.41) is 6.76. The fourth-order valence-electron chi connectivity index (χ4n) is 2.72. The molecule has 0 radical (unpaired) electrons. The van der Waals surface area contributed by atoms with Crippen molar-refractivity contribution < 1.29 is 4.79 Å². The van der Waals surface area contributed by atoms with Gasteiger partial charge in [0.2, 0.25) is 0 Å². The van der Waals surface area contributed by atoms with Gasteiger partial charge >= 0.3 is 6.03 Å². The van der Waals surface area contributed by atoms with Gasteiger partial charge in [0.05, 0.1) is 0 Å². The molecule has 0 spiro atoms. The van der Waals surface area contributed by atoms with E-state index in [2.05, 4.69) is 17.6 Å². The van der Waals surface area contributed by atoms with Crippen LogP contribution in [0.5, 0.6) is 0 Å². The number of carbonyl (C=O) groups excluding carboxylic acids is 1. The number of benzene rings is 1. The van der Waals surface area contributed by atoms with E-state index in [9.17, 15) is 4.79 Å². The smallest absolute Gasteiger partial charge is 0.315 e. The molecule has 4 heteroatoms. The van der Waals surface area contributed by atoms with Crippen LogP contribution in [0, 0.1) is 5.92 Å². The number of nitrogens with one attached hydrogen (secondary N) is 2. The summed E-state index contributed by atoms with van der Waals surface area (Å²) in [7, 11) is 0. The van der Waals surface area contributed by atoms with Gasteiger partial charge in [-0.25, -0.2) is 4.79 Å². The van der Waals surface area contributed by atoms with Crippen LogP contribution < -0.4 is 10.6 Å². The van der Waals surface area contributed by atoms with Crippen LogP contribution in [0.3, 0.4) is 0 Å². The van der Waals surface area contributed by atoms with Crippen molar-refractivity contribution in [2.75, 3.05) is 6.54 Å². The van der Waals surface area contributed by atoms with Crippen LogP contribution >= 0.6 is 11.6 Å². The third kappa shape index (κ3) is 4.71. The van der Waals surface area contributed by atoms with E-state index in [1.54, 1.807) is 0 Å². The quantitative estimate of drug-likeness (QED) is 0.872. The first-order valence-corrected chi connectivity index (χ1v) is 7.82. The molecule has 1 fully saturated rings. The van der Waals surface area contributed by atoms with Crippen LogP contribution in [0.4, 0.5) is 4.79 Å². The van der Waals surface area contributed by atoms with Crippen molar-refractivity contribution >= 4 is 17.6 Å². The molecule has 0 saturated heterocycles. The van der Waals surface area contributed by atoms with Crippen molar-refractivity contribution in [3.05, 3.63) is 34.9 Å². The van der Waals surface area contributed by atoms with E-state index in [1.165, 1.54) is 24.8 Å². The van der Waals surface area contributed by atoms with Gasteiger partial charge in [-0.05, 0) is 42.9 Å². The first-order valence-electron chi connectivity index (χ1n) is 7.44. The SMILES string of the molecule is C[C@H]1CCCC[C@@H]1NC(=O)NCCc1ccc(Cl)cc1. The lowest BCUT2D eigenvalue weighted by atomic mass is 9.86. The first kappa shape index (κ1) is 15.2. The Morgan fingerprint density at radius 3 is 2.65 bits per heavy atom. The second-order valence-electron chi connectivity index (χ2n) is 5.64. The predicted octanol–water partition coefficient (Wildman–Crippen LogP) is 3.76. The highest BCUT2D eigenvalue weighted by molar-refractivity contribution is 6.30. The zero-order valence-corrected chi connectivity index (χ0v) is 12.7. The second-order valence-corrected chi connectivity index (χ2v) is 6.08. The Kier molecular flexibility index (Phi) is 5.72. The van der Waals surface area contributed by atoms with Crippen molar-refractivity contribution in [3.63, 3.8) is 0 Å². The third-order valence-electron chi connectivity index (χ3n) is 4.04. The summed E-state index contributed by atoms with van der Waals surface area (Å²) in [4.78, 5) is 11.9. The van der Waals surface area contributed by atoms with Crippen LogP contribution in [-0.4, -0.2) is 18.6 Å². The molecule has 0 aliphatic heterocycles. The van der Waals surface area contributed by atoms with E-state index in [4.69, 9.17) is 11.6 Å². The van der Waals surface area contributed by atoms with Gasteiger partial charge in [0.1, 0.15) is 0 Å². The molecule has 0 heterocycles. The van der Waals surface area contributed by atoms with Crippen molar-refractivity contribution in [1.29, 1.82) is 0 Å². The summed E-state index contributed by atoms with van der Waals surface area (Å²) in [6, 6.07) is 8.02. The lowest BCUT2D eigenvalue weighted by Crippen LogP contribution is -2.46. The van der Waals surface area contributed by atoms with Gasteiger partial charge in [-0.2, -0.15) is 0 Å². The monoisotopic (exact) mass is 294 g/mol. The Morgan fingerprint density at radius 1 is 1.25 bits per heavy atom. The molecule has 1 aromatic carbocycles. The number of halogens is 1. The van der Waals surface area contributed by atoms with E-state index in [0.29, 0.717) is 18.5 Å². The van der Waals surface area contributed by atoms with Crippen LogP contribution in [0.2, 0.25) is 5.02 Å². The number of urea groups is 1. The Labute approximate surface area is 126 Å². The van der Waals surface area contributed by atoms with E-state index in [-0.39, 0.29) is 6.03 Å². The number of rotatable bonds is 4. The summed E-state index contributed by atoms with van der Waals surface area (Å²) >= 11 is 5.84. The largest absolute Gasteiger partial charge is 0.338 e. The Hall–Kier alpha value is -1.22. The highest BCUT2D eigenvalue weighted by atomic mass is 35.5. The van der Waals surface area contributed by atoms with Gasteiger partial charge in [-0.3, -0.25) is 0 Å². The average Bonchev–Trinajstić information content (AvgIpc) is 2.44. The molecular formula is C16H23ClN2O.